The molecule has 0 N–H and O–H groups in total. The van der Waals surface area contributed by atoms with Gasteiger partial charge in [-0.3, -0.25) is 4.79 Å². The van der Waals surface area contributed by atoms with Gasteiger partial charge >= 0.3 is 0 Å². The Hall–Kier alpha value is -3.06. The molecule has 3 rings (SSSR count). The minimum atomic E-state index is -0.153. The summed E-state index contributed by atoms with van der Waals surface area (Å²) in [6.07, 6.45) is 0. The van der Waals surface area contributed by atoms with Crippen LogP contribution in [0.5, 0.6) is 17.2 Å². The molecule has 1 atom stereocenters. The maximum atomic E-state index is 13.3. The fourth-order valence-corrected chi connectivity index (χ4v) is 4.29. The zero-order chi connectivity index (χ0) is 21.8. The number of aromatic nitrogens is 1. The number of nitrogens with zero attached hydrogens (tertiary/aromatic N) is 2. The van der Waals surface area contributed by atoms with Crippen molar-refractivity contribution in [3.05, 3.63) is 58.6 Å². The van der Waals surface area contributed by atoms with E-state index >= 15 is 0 Å². The van der Waals surface area contributed by atoms with E-state index in [9.17, 15) is 4.79 Å². The summed E-state index contributed by atoms with van der Waals surface area (Å²) in [6, 6.07) is 13.2. The lowest BCUT2D eigenvalue weighted by Gasteiger charge is -2.26. The maximum Gasteiger partial charge on any atom is 0.266 e. The third-order valence-electron chi connectivity index (χ3n) is 5.11. The van der Waals surface area contributed by atoms with Crippen LogP contribution in [0.2, 0.25) is 0 Å². The van der Waals surface area contributed by atoms with Gasteiger partial charge in [0.15, 0.2) is 11.5 Å². The molecule has 0 fully saturated rings. The van der Waals surface area contributed by atoms with Crippen LogP contribution in [0.1, 0.15) is 33.9 Å². The predicted octanol–water partition coefficient (Wildman–Crippen LogP) is 4.98. The molecule has 1 heterocycles. The first-order valence-corrected chi connectivity index (χ1v) is 10.3. The molecular formula is C23H26N2O4S. The Kier molecular flexibility index (Phi) is 6.62. The van der Waals surface area contributed by atoms with Crippen LogP contribution >= 0.6 is 11.3 Å². The number of hydrogen-bond acceptors (Lipinski definition) is 6. The quantitative estimate of drug-likeness (QED) is 0.533. The van der Waals surface area contributed by atoms with Crippen LogP contribution in [0.15, 0.2) is 42.5 Å². The van der Waals surface area contributed by atoms with Crippen molar-refractivity contribution in [3.8, 4) is 27.8 Å². The van der Waals surface area contributed by atoms with Gasteiger partial charge in [0.1, 0.15) is 15.6 Å². The fraction of sp³-hybridized carbons (Fsp3) is 0.304. The van der Waals surface area contributed by atoms with E-state index in [2.05, 4.69) is 4.98 Å². The number of rotatable bonds is 7. The number of para-hydroxylation sites is 1. The van der Waals surface area contributed by atoms with Gasteiger partial charge in [0, 0.05) is 18.2 Å². The van der Waals surface area contributed by atoms with Crippen molar-refractivity contribution in [2.75, 3.05) is 28.4 Å². The molecule has 6 nitrogen and oxygen atoms in total. The topological polar surface area (TPSA) is 60.9 Å². The van der Waals surface area contributed by atoms with E-state index in [-0.39, 0.29) is 11.9 Å². The van der Waals surface area contributed by atoms with Gasteiger partial charge in [-0.05, 0) is 38.1 Å². The highest BCUT2D eigenvalue weighted by Gasteiger charge is 2.25. The van der Waals surface area contributed by atoms with Crippen molar-refractivity contribution < 1.29 is 19.0 Å². The molecule has 0 spiro atoms. The van der Waals surface area contributed by atoms with E-state index in [1.54, 1.807) is 33.3 Å². The van der Waals surface area contributed by atoms with Crippen molar-refractivity contribution in [2.24, 2.45) is 0 Å². The van der Waals surface area contributed by atoms with Crippen molar-refractivity contribution in [3.63, 3.8) is 0 Å². The Morgan fingerprint density at radius 1 is 1.00 bits per heavy atom. The highest BCUT2D eigenvalue weighted by atomic mass is 32.1. The number of benzene rings is 2. The van der Waals surface area contributed by atoms with Gasteiger partial charge < -0.3 is 19.1 Å². The second kappa shape index (κ2) is 9.17. The van der Waals surface area contributed by atoms with Crippen LogP contribution in [-0.2, 0) is 0 Å². The maximum absolute atomic E-state index is 13.3. The summed E-state index contributed by atoms with van der Waals surface area (Å²) < 4.78 is 16.1. The van der Waals surface area contributed by atoms with Crippen LogP contribution in [0.3, 0.4) is 0 Å². The molecule has 0 aliphatic heterocycles. The summed E-state index contributed by atoms with van der Waals surface area (Å²) in [4.78, 5) is 20.2. The van der Waals surface area contributed by atoms with E-state index in [1.165, 1.54) is 11.3 Å². The minimum absolute atomic E-state index is 0.0740. The molecule has 0 radical (unpaired) electrons. The van der Waals surface area contributed by atoms with Gasteiger partial charge in [0.25, 0.3) is 5.91 Å². The van der Waals surface area contributed by atoms with Gasteiger partial charge in [-0.1, -0.05) is 18.2 Å². The number of carbonyl (C=O) groups is 1. The summed E-state index contributed by atoms with van der Waals surface area (Å²) in [5.41, 5.74) is 2.53. The molecule has 0 saturated carbocycles. The Morgan fingerprint density at radius 2 is 1.67 bits per heavy atom. The van der Waals surface area contributed by atoms with E-state index in [1.807, 2.05) is 56.3 Å². The molecule has 2 aromatic carbocycles. The number of carbonyl (C=O) groups excluding carboxylic acids is 1. The standard InChI is InChI=1S/C23H26N2O4S/c1-14-21(23(26)25(3)15(2)17-9-7-8-10-18(17)27-4)30-22(24-14)16-11-12-19(28-5)20(13-16)29-6/h7-13,15H,1-6H3. The molecule has 1 amide bonds. The number of ether oxygens (including phenoxy) is 3. The Bertz CT molecular complexity index is 1050. The van der Waals surface area contributed by atoms with Gasteiger partial charge in [-0.15, -0.1) is 11.3 Å². The number of amides is 1. The number of thiazole rings is 1. The fourth-order valence-electron chi connectivity index (χ4n) is 3.24. The Labute approximate surface area is 181 Å². The molecule has 3 aromatic rings. The summed E-state index contributed by atoms with van der Waals surface area (Å²) in [5.74, 6) is 1.96. The van der Waals surface area contributed by atoms with Gasteiger partial charge in [0.2, 0.25) is 0 Å². The molecule has 158 valence electrons. The van der Waals surface area contributed by atoms with Gasteiger partial charge in [-0.2, -0.15) is 0 Å². The lowest BCUT2D eigenvalue weighted by atomic mass is 10.1. The molecule has 0 aliphatic carbocycles. The molecule has 1 unspecified atom stereocenters. The molecule has 0 bridgehead atoms. The average Bonchev–Trinajstić information content (AvgIpc) is 3.18. The smallest absolute Gasteiger partial charge is 0.266 e. The molecule has 0 aliphatic rings. The van der Waals surface area contributed by atoms with E-state index in [0.717, 1.165) is 21.9 Å². The molecule has 1 aromatic heterocycles. The van der Waals surface area contributed by atoms with Crippen molar-refractivity contribution in [1.29, 1.82) is 0 Å². The van der Waals surface area contributed by atoms with Crippen LogP contribution in [-0.4, -0.2) is 44.2 Å². The third kappa shape index (κ3) is 4.11. The number of hydrogen-bond donors (Lipinski definition) is 0. The Morgan fingerprint density at radius 3 is 2.33 bits per heavy atom. The minimum Gasteiger partial charge on any atom is -0.496 e. The number of methoxy groups -OCH3 is 3. The van der Waals surface area contributed by atoms with Gasteiger partial charge in [-0.25, -0.2) is 4.98 Å². The first-order valence-electron chi connectivity index (χ1n) is 9.51. The summed E-state index contributed by atoms with van der Waals surface area (Å²) >= 11 is 1.37. The van der Waals surface area contributed by atoms with Crippen LogP contribution in [0.4, 0.5) is 0 Å². The van der Waals surface area contributed by atoms with Crippen molar-refractivity contribution in [1.82, 2.24) is 9.88 Å². The molecular weight excluding hydrogens is 400 g/mol. The zero-order valence-corrected chi connectivity index (χ0v) is 18.9. The lowest BCUT2D eigenvalue weighted by Crippen LogP contribution is -2.29. The Balaban J connectivity index is 1.90. The summed E-state index contributed by atoms with van der Waals surface area (Å²) in [7, 11) is 6.63. The lowest BCUT2D eigenvalue weighted by molar-refractivity contribution is 0.0745. The highest BCUT2D eigenvalue weighted by molar-refractivity contribution is 7.17. The SMILES string of the molecule is COc1ccc(-c2nc(C)c(C(=O)N(C)C(C)c3ccccc3OC)s2)cc1OC. The van der Waals surface area contributed by atoms with E-state index in [4.69, 9.17) is 14.2 Å². The normalized spacial score (nSPS) is 11.7. The first-order chi connectivity index (χ1) is 14.4. The summed E-state index contributed by atoms with van der Waals surface area (Å²) in [6.45, 7) is 3.84. The third-order valence-corrected chi connectivity index (χ3v) is 6.31. The van der Waals surface area contributed by atoms with E-state index < -0.39 is 0 Å². The van der Waals surface area contributed by atoms with Crippen LogP contribution in [0, 0.1) is 6.92 Å². The molecule has 0 saturated heterocycles. The highest BCUT2D eigenvalue weighted by Crippen LogP contribution is 2.36. The predicted molar refractivity (Wildman–Crippen MR) is 119 cm³/mol. The zero-order valence-electron chi connectivity index (χ0n) is 18.1. The first kappa shape index (κ1) is 21.6. The average molecular weight is 427 g/mol. The molecule has 30 heavy (non-hydrogen) atoms. The number of aryl methyl sites for hydroxylation is 1. The van der Waals surface area contributed by atoms with Gasteiger partial charge in [0.05, 0.1) is 33.1 Å². The largest absolute Gasteiger partial charge is 0.496 e. The van der Waals surface area contributed by atoms with Crippen LogP contribution < -0.4 is 14.2 Å². The molecule has 7 heteroatoms. The summed E-state index contributed by atoms with van der Waals surface area (Å²) in [5, 5.41) is 0.759. The second-order valence-electron chi connectivity index (χ2n) is 6.84. The van der Waals surface area contributed by atoms with Crippen molar-refractivity contribution >= 4 is 17.2 Å². The monoisotopic (exact) mass is 426 g/mol. The second-order valence-corrected chi connectivity index (χ2v) is 7.84. The van der Waals surface area contributed by atoms with Crippen molar-refractivity contribution in [2.45, 2.75) is 19.9 Å². The van der Waals surface area contributed by atoms with Crippen LogP contribution in [0.25, 0.3) is 10.6 Å². The van der Waals surface area contributed by atoms with E-state index in [0.29, 0.717) is 22.1 Å².